The average Bonchev–Trinajstić information content (AvgIpc) is 3.36. The first-order valence-corrected chi connectivity index (χ1v) is 12.1. The number of anilines is 1. The fraction of sp³-hybridized carbons (Fsp3) is 0. The highest BCUT2D eigenvalue weighted by Crippen LogP contribution is 2.43. The van der Waals surface area contributed by atoms with Gasteiger partial charge in [0.2, 0.25) is 0 Å². The molecule has 11 heteroatoms. The average molecular weight is 535 g/mol. The second-order valence-corrected chi connectivity index (χ2v) is 10.2. The van der Waals surface area contributed by atoms with E-state index in [9.17, 15) is 14.9 Å². The molecule has 1 N–H and O–H groups in total. The first-order valence-electron chi connectivity index (χ1n) is 9.35. The van der Waals surface area contributed by atoms with Crippen molar-refractivity contribution in [2.75, 3.05) is 5.32 Å². The number of nitrogens with zero attached hydrogens (tertiary/aromatic N) is 2. The molecule has 33 heavy (non-hydrogen) atoms. The summed E-state index contributed by atoms with van der Waals surface area (Å²) in [6.45, 7) is 0. The van der Waals surface area contributed by atoms with Gasteiger partial charge in [-0.3, -0.25) is 14.9 Å². The van der Waals surface area contributed by atoms with E-state index in [1.54, 1.807) is 12.1 Å². The molecule has 0 aliphatic carbocycles. The molecule has 2 heterocycles. The number of rotatable bonds is 4. The van der Waals surface area contributed by atoms with Gasteiger partial charge >= 0.3 is 0 Å². The predicted molar refractivity (Wildman–Crippen MR) is 137 cm³/mol. The van der Waals surface area contributed by atoms with Crippen molar-refractivity contribution in [3.8, 4) is 10.6 Å². The zero-order valence-corrected chi connectivity index (χ0v) is 20.2. The van der Waals surface area contributed by atoms with Crippen molar-refractivity contribution in [3.63, 3.8) is 0 Å². The summed E-state index contributed by atoms with van der Waals surface area (Å²) in [5.41, 5.74) is 1.59. The number of fused-ring (bicyclic) bond motifs is 2. The number of aromatic nitrogens is 1. The number of non-ortho nitro benzene ring substituents is 1. The van der Waals surface area contributed by atoms with Crippen LogP contribution >= 0.6 is 57.5 Å². The summed E-state index contributed by atoms with van der Waals surface area (Å²) in [7, 11) is 0. The summed E-state index contributed by atoms with van der Waals surface area (Å²) in [5.74, 6) is -0.540. The number of benzene rings is 3. The molecule has 0 saturated heterocycles. The maximum atomic E-state index is 13.2. The monoisotopic (exact) mass is 533 g/mol. The van der Waals surface area contributed by atoms with Gasteiger partial charge in [0.1, 0.15) is 14.6 Å². The van der Waals surface area contributed by atoms with Crippen LogP contribution < -0.4 is 5.32 Å². The molecule has 0 atom stereocenters. The van der Waals surface area contributed by atoms with Crippen LogP contribution in [0, 0.1) is 10.1 Å². The van der Waals surface area contributed by atoms with Crippen LogP contribution in [0.3, 0.4) is 0 Å². The number of halogens is 3. The number of nitro benzene ring substituents is 1. The van der Waals surface area contributed by atoms with Gasteiger partial charge in [-0.2, -0.15) is 0 Å². The third kappa shape index (κ3) is 3.94. The highest BCUT2D eigenvalue weighted by molar-refractivity contribution is 7.22. The van der Waals surface area contributed by atoms with Gasteiger partial charge in [0.05, 0.1) is 30.9 Å². The maximum absolute atomic E-state index is 13.2. The van der Waals surface area contributed by atoms with Crippen LogP contribution in [0.5, 0.6) is 0 Å². The SMILES string of the molecule is O=C(Nc1c(Cl)cc(Cl)cc1-c1nc2ccccc2s1)c1sc2c([N+](=O)[O-])cccc2c1Cl. The van der Waals surface area contributed by atoms with Gasteiger partial charge in [0.25, 0.3) is 11.6 Å². The van der Waals surface area contributed by atoms with Crippen LogP contribution in [-0.2, 0) is 0 Å². The maximum Gasteiger partial charge on any atom is 0.287 e. The summed E-state index contributed by atoms with van der Waals surface area (Å²) >= 11 is 21.5. The van der Waals surface area contributed by atoms with Gasteiger partial charge in [-0.05, 0) is 24.3 Å². The highest BCUT2D eigenvalue weighted by atomic mass is 35.5. The molecule has 2 aromatic heterocycles. The summed E-state index contributed by atoms with van der Waals surface area (Å²) in [5, 5.41) is 16.0. The third-order valence-electron chi connectivity index (χ3n) is 4.85. The van der Waals surface area contributed by atoms with Crippen molar-refractivity contribution in [2.45, 2.75) is 0 Å². The largest absolute Gasteiger partial charge is 0.319 e. The van der Waals surface area contributed by atoms with E-state index in [1.807, 2.05) is 24.3 Å². The number of nitro groups is 1. The first kappa shape index (κ1) is 22.1. The minimum absolute atomic E-state index is 0.113. The fourth-order valence-electron chi connectivity index (χ4n) is 3.39. The number of thiophene rings is 1. The zero-order chi connectivity index (χ0) is 23.3. The van der Waals surface area contributed by atoms with E-state index in [1.165, 1.54) is 29.5 Å². The molecule has 0 spiro atoms. The normalized spacial score (nSPS) is 11.2. The van der Waals surface area contributed by atoms with E-state index in [-0.39, 0.29) is 20.6 Å². The lowest BCUT2D eigenvalue weighted by Crippen LogP contribution is -2.12. The zero-order valence-electron chi connectivity index (χ0n) is 16.3. The number of para-hydroxylation sites is 1. The summed E-state index contributed by atoms with van der Waals surface area (Å²) in [6.07, 6.45) is 0. The fourth-order valence-corrected chi connectivity index (χ4v) is 6.41. The van der Waals surface area contributed by atoms with Gasteiger partial charge in [-0.25, -0.2) is 4.98 Å². The highest BCUT2D eigenvalue weighted by Gasteiger charge is 2.24. The Morgan fingerprint density at radius 1 is 1.03 bits per heavy atom. The molecule has 0 saturated carbocycles. The Labute approximate surface area is 209 Å². The van der Waals surface area contributed by atoms with Crippen molar-refractivity contribution >= 4 is 95.1 Å². The molecule has 0 bridgehead atoms. The topological polar surface area (TPSA) is 85.1 Å². The van der Waals surface area contributed by atoms with Crippen molar-refractivity contribution in [1.82, 2.24) is 4.98 Å². The number of nitrogens with one attached hydrogen (secondary N) is 1. The van der Waals surface area contributed by atoms with E-state index < -0.39 is 10.8 Å². The summed E-state index contributed by atoms with van der Waals surface area (Å²) < 4.78 is 1.30. The lowest BCUT2D eigenvalue weighted by molar-refractivity contribution is -0.382. The Morgan fingerprint density at radius 2 is 1.82 bits per heavy atom. The van der Waals surface area contributed by atoms with Crippen LogP contribution in [0.25, 0.3) is 30.9 Å². The Morgan fingerprint density at radius 3 is 2.58 bits per heavy atom. The first-order chi connectivity index (χ1) is 15.8. The Kier molecular flexibility index (Phi) is 5.72. The van der Waals surface area contributed by atoms with E-state index in [4.69, 9.17) is 34.8 Å². The van der Waals surface area contributed by atoms with Gasteiger partial charge in [0.15, 0.2) is 0 Å². The molecule has 164 valence electrons. The Balaban J connectivity index is 1.60. The van der Waals surface area contributed by atoms with E-state index in [0.29, 0.717) is 31.4 Å². The predicted octanol–water partition coefficient (Wildman–Crippen LogP) is 8.30. The van der Waals surface area contributed by atoms with Crippen LogP contribution in [0.15, 0.2) is 54.6 Å². The smallest absolute Gasteiger partial charge is 0.287 e. The minimum Gasteiger partial charge on any atom is -0.319 e. The number of carbonyl (C=O) groups excluding carboxylic acids is 1. The van der Waals surface area contributed by atoms with Crippen LogP contribution in [-0.4, -0.2) is 15.8 Å². The molecule has 1 amide bonds. The van der Waals surface area contributed by atoms with Gasteiger partial charge in [-0.1, -0.05) is 59.1 Å². The molecule has 3 aromatic carbocycles. The molecule has 0 radical (unpaired) electrons. The molecular formula is C22H10Cl3N3O3S2. The van der Waals surface area contributed by atoms with Crippen LogP contribution in [0.4, 0.5) is 11.4 Å². The Hall–Kier alpha value is -2.75. The molecule has 6 nitrogen and oxygen atoms in total. The summed E-state index contributed by atoms with van der Waals surface area (Å²) in [4.78, 5) is 28.9. The summed E-state index contributed by atoms with van der Waals surface area (Å²) in [6, 6.07) is 15.4. The molecule has 0 aliphatic rings. The van der Waals surface area contributed by atoms with E-state index in [0.717, 1.165) is 21.6 Å². The molecule has 0 unspecified atom stereocenters. The quantitative estimate of drug-likeness (QED) is 0.186. The number of carbonyl (C=O) groups is 1. The molecular weight excluding hydrogens is 525 g/mol. The third-order valence-corrected chi connectivity index (χ3v) is 8.17. The number of hydrogen-bond donors (Lipinski definition) is 1. The number of thiazole rings is 1. The van der Waals surface area contributed by atoms with Crippen molar-refractivity contribution in [2.24, 2.45) is 0 Å². The van der Waals surface area contributed by atoms with Crippen molar-refractivity contribution in [1.29, 1.82) is 0 Å². The minimum atomic E-state index is -0.540. The molecule has 5 aromatic rings. The number of hydrogen-bond acceptors (Lipinski definition) is 6. The van der Waals surface area contributed by atoms with Gasteiger partial charge in [0, 0.05) is 22.0 Å². The lowest BCUT2D eigenvalue weighted by atomic mass is 10.1. The number of amides is 1. The van der Waals surface area contributed by atoms with E-state index >= 15 is 0 Å². The van der Waals surface area contributed by atoms with Crippen molar-refractivity contribution < 1.29 is 9.72 Å². The van der Waals surface area contributed by atoms with Gasteiger partial charge < -0.3 is 5.32 Å². The standard InChI is InChI=1S/C22H10Cl3N3O3S2/c23-10-8-12(22-26-14-5-1-2-7-16(14)32-22)18(13(24)9-10)27-21(29)20-17(25)11-4-3-6-15(28(30)31)19(11)33-20/h1-9H,(H,27,29). The van der Waals surface area contributed by atoms with E-state index in [2.05, 4.69) is 10.3 Å². The molecule has 5 rings (SSSR count). The molecule has 0 aliphatic heterocycles. The molecule has 0 fully saturated rings. The van der Waals surface area contributed by atoms with Gasteiger partial charge in [-0.15, -0.1) is 22.7 Å². The Bertz CT molecular complexity index is 1560. The van der Waals surface area contributed by atoms with Crippen molar-refractivity contribution in [3.05, 3.63) is 84.7 Å². The van der Waals surface area contributed by atoms with Crippen LogP contribution in [0.2, 0.25) is 15.1 Å². The van der Waals surface area contributed by atoms with Crippen LogP contribution in [0.1, 0.15) is 9.67 Å². The second-order valence-electron chi connectivity index (χ2n) is 6.91. The lowest BCUT2D eigenvalue weighted by Gasteiger charge is -2.12. The second kappa shape index (κ2) is 8.55.